The van der Waals surface area contributed by atoms with Crippen LogP contribution in [0.25, 0.3) is 0 Å². The first-order valence-corrected chi connectivity index (χ1v) is 5.35. The highest BCUT2D eigenvalue weighted by Gasteiger charge is 2.24. The molecule has 0 atom stereocenters. The Hall–Kier alpha value is -0.570. The quantitative estimate of drug-likeness (QED) is 0.743. The minimum atomic E-state index is -0.788. The van der Waals surface area contributed by atoms with E-state index >= 15 is 0 Å². The summed E-state index contributed by atoms with van der Waals surface area (Å²) in [7, 11) is 1.76. The fourth-order valence-electron chi connectivity index (χ4n) is 1.77. The predicted octanol–water partition coefficient (Wildman–Crippen LogP) is 1.41. The van der Waals surface area contributed by atoms with Gasteiger partial charge in [0.05, 0.1) is 5.60 Å². The molecule has 0 aliphatic heterocycles. The summed E-state index contributed by atoms with van der Waals surface area (Å²) in [6.07, 6.45) is 4.32. The van der Waals surface area contributed by atoms with E-state index in [4.69, 9.17) is 0 Å². The summed E-state index contributed by atoms with van der Waals surface area (Å²) in [4.78, 5) is 13.3. The molecule has 3 heteroatoms. The molecule has 14 heavy (non-hydrogen) atoms. The van der Waals surface area contributed by atoms with Crippen molar-refractivity contribution in [2.75, 3.05) is 13.6 Å². The maximum atomic E-state index is 11.6. The average molecular weight is 199 g/mol. The van der Waals surface area contributed by atoms with Gasteiger partial charge in [-0.1, -0.05) is 6.42 Å². The van der Waals surface area contributed by atoms with Crippen LogP contribution >= 0.6 is 0 Å². The van der Waals surface area contributed by atoms with Crippen molar-refractivity contribution in [1.29, 1.82) is 0 Å². The van der Waals surface area contributed by atoms with Gasteiger partial charge in [0, 0.05) is 20.0 Å². The first-order chi connectivity index (χ1) is 6.38. The number of carbonyl (C=O) groups excluding carboxylic acids is 1. The van der Waals surface area contributed by atoms with E-state index in [0.29, 0.717) is 18.9 Å². The molecule has 0 aromatic carbocycles. The second kappa shape index (κ2) is 4.30. The van der Waals surface area contributed by atoms with Crippen LogP contribution < -0.4 is 0 Å². The number of hydrogen-bond acceptors (Lipinski definition) is 2. The highest BCUT2D eigenvalue weighted by atomic mass is 16.3. The molecule has 1 N–H and O–H groups in total. The summed E-state index contributed by atoms with van der Waals surface area (Å²) < 4.78 is 0. The van der Waals surface area contributed by atoms with Crippen LogP contribution in [-0.2, 0) is 4.79 Å². The largest absolute Gasteiger partial charge is 0.389 e. The number of amides is 1. The van der Waals surface area contributed by atoms with Gasteiger partial charge in [0.2, 0.25) is 5.91 Å². The summed E-state index contributed by atoms with van der Waals surface area (Å²) >= 11 is 0. The lowest BCUT2D eigenvalue weighted by Crippen LogP contribution is -2.40. The standard InChI is InChI=1S/C11H21NO2/c1-11(2,14)8-12(3)10(13)7-9-5-4-6-9/h9,14H,4-8H2,1-3H3. The minimum Gasteiger partial charge on any atom is -0.389 e. The van der Waals surface area contributed by atoms with Crippen molar-refractivity contribution in [1.82, 2.24) is 4.90 Å². The third-order valence-electron chi connectivity index (χ3n) is 2.74. The Labute approximate surface area is 86.1 Å². The van der Waals surface area contributed by atoms with Crippen molar-refractivity contribution < 1.29 is 9.90 Å². The highest BCUT2D eigenvalue weighted by Crippen LogP contribution is 2.29. The van der Waals surface area contributed by atoms with Gasteiger partial charge in [-0.15, -0.1) is 0 Å². The Bertz CT molecular complexity index is 204. The summed E-state index contributed by atoms with van der Waals surface area (Å²) in [6.45, 7) is 3.86. The van der Waals surface area contributed by atoms with E-state index in [0.717, 1.165) is 0 Å². The zero-order valence-corrected chi connectivity index (χ0v) is 9.42. The zero-order valence-electron chi connectivity index (χ0n) is 9.42. The molecule has 0 aromatic rings. The van der Waals surface area contributed by atoms with Gasteiger partial charge in [-0.05, 0) is 32.6 Å². The van der Waals surface area contributed by atoms with Crippen LogP contribution in [0.5, 0.6) is 0 Å². The molecule has 0 saturated heterocycles. The Morgan fingerprint density at radius 2 is 2.07 bits per heavy atom. The molecule has 0 heterocycles. The first kappa shape index (κ1) is 11.5. The topological polar surface area (TPSA) is 40.5 Å². The molecule has 1 saturated carbocycles. The summed E-state index contributed by atoms with van der Waals surface area (Å²) in [5, 5.41) is 9.55. The molecule has 1 amide bonds. The van der Waals surface area contributed by atoms with Crippen molar-refractivity contribution in [3.05, 3.63) is 0 Å². The van der Waals surface area contributed by atoms with Crippen molar-refractivity contribution >= 4 is 5.91 Å². The Balaban J connectivity index is 2.28. The molecule has 1 rings (SSSR count). The van der Waals surface area contributed by atoms with E-state index in [1.165, 1.54) is 19.3 Å². The van der Waals surface area contributed by atoms with Crippen LogP contribution in [0.3, 0.4) is 0 Å². The molecule has 0 radical (unpaired) electrons. The molecule has 82 valence electrons. The number of rotatable bonds is 4. The second-order valence-electron chi connectivity index (χ2n) is 5.06. The molecular weight excluding hydrogens is 178 g/mol. The highest BCUT2D eigenvalue weighted by molar-refractivity contribution is 5.76. The van der Waals surface area contributed by atoms with Crippen LogP contribution in [0.2, 0.25) is 0 Å². The van der Waals surface area contributed by atoms with Crippen LogP contribution in [0.1, 0.15) is 39.5 Å². The lowest BCUT2D eigenvalue weighted by molar-refractivity contribution is -0.134. The van der Waals surface area contributed by atoms with E-state index in [2.05, 4.69) is 0 Å². The maximum Gasteiger partial charge on any atom is 0.222 e. The van der Waals surface area contributed by atoms with Gasteiger partial charge < -0.3 is 10.0 Å². The van der Waals surface area contributed by atoms with Gasteiger partial charge in [0.1, 0.15) is 0 Å². The average Bonchev–Trinajstić information content (AvgIpc) is 1.92. The normalized spacial score (nSPS) is 17.7. The van der Waals surface area contributed by atoms with Crippen molar-refractivity contribution in [3.63, 3.8) is 0 Å². The van der Waals surface area contributed by atoms with Crippen LogP contribution in [0.4, 0.5) is 0 Å². The smallest absolute Gasteiger partial charge is 0.222 e. The molecule has 1 fully saturated rings. The molecule has 0 unspecified atom stereocenters. The fourth-order valence-corrected chi connectivity index (χ4v) is 1.77. The number of carbonyl (C=O) groups is 1. The molecule has 0 bridgehead atoms. The molecule has 3 nitrogen and oxygen atoms in total. The van der Waals surface area contributed by atoms with E-state index in [-0.39, 0.29) is 5.91 Å². The van der Waals surface area contributed by atoms with Crippen LogP contribution in [0, 0.1) is 5.92 Å². The third kappa shape index (κ3) is 3.66. The predicted molar refractivity (Wildman–Crippen MR) is 55.9 cm³/mol. The summed E-state index contributed by atoms with van der Waals surface area (Å²) in [5.41, 5.74) is -0.788. The van der Waals surface area contributed by atoms with E-state index in [9.17, 15) is 9.90 Å². The van der Waals surface area contributed by atoms with Gasteiger partial charge >= 0.3 is 0 Å². The molecule has 1 aliphatic carbocycles. The Kier molecular flexibility index (Phi) is 3.53. The lowest BCUT2D eigenvalue weighted by Gasteiger charge is -2.30. The van der Waals surface area contributed by atoms with Gasteiger partial charge in [-0.3, -0.25) is 4.79 Å². The van der Waals surface area contributed by atoms with Gasteiger partial charge in [-0.2, -0.15) is 0 Å². The van der Waals surface area contributed by atoms with Gasteiger partial charge in [0.15, 0.2) is 0 Å². The van der Waals surface area contributed by atoms with Gasteiger partial charge in [-0.25, -0.2) is 0 Å². The molecular formula is C11H21NO2. The Morgan fingerprint density at radius 1 is 1.50 bits per heavy atom. The first-order valence-electron chi connectivity index (χ1n) is 5.35. The second-order valence-corrected chi connectivity index (χ2v) is 5.06. The number of hydrogen-bond donors (Lipinski definition) is 1. The SMILES string of the molecule is CN(CC(C)(C)O)C(=O)CC1CCC1. The van der Waals surface area contributed by atoms with Gasteiger partial charge in [0.25, 0.3) is 0 Å². The van der Waals surface area contributed by atoms with Crippen LogP contribution in [-0.4, -0.2) is 35.1 Å². The number of likely N-dealkylation sites (N-methyl/N-ethyl adjacent to an activating group) is 1. The van der Waals surface area contributed by atoms with E-state index in [1.54, 1.807) is 25.8 Å². The van der Waals surface area contributed by atoms with Crippen molar-refractivity contribution in [3.8, 4) is 0 Å². The number of nitrogens with zero attached hydrogens (tertiary/aromatic N) is 1. The van der Waals surface area contributed by atoms with Crippen molar-refractivity contribution in [2.45, 2.75) is 45.1 Å². The monoisotopic (exact) mass is 199 g/mol. The van der Waals surface area contributed by atoms with Crippen molar-refractivity contribution in [2.24, 2.45) is 5.92 Å². The summed E-state index contributed by atoms with van der Waals surface area (Å²) in [5.74, 6) is 0.767. The maximum absolute atomic E-state index is 11.6. The fraction of sp³-hybridized carbons (Fsp3) is 0.909. The molecule has 0 aromatic heterocycles. The zero-order chi connectivity index (χ0) is 10.8. The Morgan fingerprint density at radius 3 is 2.43 bits per heavy atom. The molecule has 1 aliphatic rings. The van der Waals surface area contributed by atoms with Crippen LogP contribution in [0.15, 0.2) is 0 Å². The third-order valence-corrected chi connectivity index (χ3v) is 2.74. The minimum absolute atomic E-state index is 0.164. The number of aliphatic hydroxyl groups is 1. The van der Waals surface area contributed by atoms with E-state index < -0.39 is 5.60 Å². The summed E-state index contributed by atoms with van der Waals surface area (Å²) in [6, 6.07) is 0. The molecule has 0 spiro atoms. The lowest BCUT2D eigenvalue weighted by atomic mass is 9.82. The van der Waals surface area contributed by atoms with E-state index in [1.807, 2.05) is 0 Å².